The van der Waals surface area contributed by atoms with Gasteiger partial charge in [-0.25, -0.2) is 0 Å². The van der Waals surface area contributed by atoms with Crippen molar-refractivity contribution in [2.24, 2.45) is 11.1 Å². The van der Waals surface area contributed by atoms with Gasteiger partial charge in [-0.2, -0.15) is 0 Å². The summed E-state index contributed by atoms with van der Waals surface area (Å²) in [5, 5.41) is 11.3. The first-order chi connectivity index (χ1) is 9.72. The number of piperidine rings is 1. The first-order valence-electron chi connectivity index (χ1n) is 6.71. The molecular formula is C14H19Cl2N3O3. The molecule has 1 aliphatic heterocycles. The van der Waals surface area contributed by atoms with E-state index in [1.807, 2.05) is 13.8 Å². The zero-order valence-electron chi connectivity index (χ0n) is 12.4. The quantitative estimate of drug-likeness (QED) is 0.657. The number of halogens is 2. The van der Waals surface area contributed by atoms with Crippen molar-refractivity contribution in [2.45, 2.75) is 26.3 Å². The second-order valence-corrected chi connectivity index (χ2v) is 6.47. The van der Waals surface area contributed by atoms with Crippen molar-refractivity contribution in [3.8, 4) is 0 Å². The van der Waals surface area contributed by atoms with Crippen molar-refractivity contribution >= 4 is 35.6 Å². The normalized spacial score (nSPS) is 20.2. The van der Waals surface area contributed by atoms with Crippen molar-refractivity contribution in [2.75, 3.05) is 13.1 Å². The molecule has 0 spiro atoms. The van der Waals surface area contributed by atoms with Crippen LogP contribution in [-0.4, -0.2) is 34.9 Å². The van der Waals surface area contributed by atoms with E-state index in [-0.39, 0.29) is 46.0 Å². The number of amides is 1. The Morgan fingerprint density at radius 2 is 2.14 bits per heavy atom. The smallest absolute Gasteiger partial charge is 0.283 e. The molecule has 1 unspecified atom stereocenters. The van der Waals surface area contributed by atoms with E-state index in [9.17, 15) is 14.9 Å². The van der Waals surface area contributed by atoms with Crippen LogP contribution in [0.5, 0.6) is 0 Å². The standard InChI is InChI=1S/C14H18ClN3O3.ClH/c1-14(2)8-17(6-5-12(14)16)13(19)10-4-3-9(15)7-11(10)18(20)21;/h3-4,7,12H,5-6,8,16H2,1-2H3;1H. The zero-order chi connectivity index (χ0) is 15.8. The number of benzene rings is 1. The number of nitrogens with two attached hydrogens (primary N) is 1. The second kappa shape index (κ2) is 6.81. The highest BCUT2D eigenvalue weighted by molar-refractivity contribution is 6.31. The summed E-state index contributed by atoms with van der Waals surface area (Å²) >= 11 is 5.77. The lowest BCUT2D eigenvalue weighted by Crippen LogP contribution is -2.54. The Balaban J connectivity index is 0.00000242. The molecule has 2 rings (SSSR count). The summed E-state index contributed by atoms with van der Waals surface area (Å²) in [7, 11) is 0. The predicted molar refractivity (Wildman–Crippen MR) is 87.6 cm³/mol. The van der Waals surface area contributed by atoms with Crippen molar-refractivity contribution in [3.63, 3.8) is 0 Å². The fourth-order valence-electron chi connectivity index (χ4n) is 2.55. The number of nitro groups is 1. The highest BCUT2D eigenvalue weighted by atomic mass is 35.5. The largest absolute Gasteiger partial charge is 0.338 e. The molecule has 0 bridgehead atoms. The number of hydrogen-bond acceptors (Lipinski definition) is 4. The van der Waals surface area contributed by atoms with E-state index in [1.54, 1.807) is 4.90 Å². The molecule has 1 atom stereocenters. The van der Waals surface area contributed by atoms with E-state index in [2.05, 4.69) is 0 Å². The maximum absolute atomic E-state index is 12.6. The predicted octanol–water partition coefficient (Wildman–Crippen LogP) is 2.87. The van der Waals surface area contributed by atoms with Gasteiger partial charge in [-0.15, -0.1) is 12.4 Å². The summed E-state index contributed by atoms with van der Waals surface area (Å²) < 4.78 is 0. The van der Waals surface area contributed by atoms with Crippen LogP contribution < -0.4 is 5.73 Å². The lowest BCUT2D eigenvalue weighted by molar-refractivity contribution is -0.385. The van der Waals surface area contributed by atoms with Crippen LogP contribution in [-0.2, 0) is 0 Å². The van der Waals surface area contributed by atoms with Crippen molar-refractivity contribution in [1.82, 2.24) is 4.90 Å². The monoisotopic (exact) mass is 347 g/mol. The molecule has 0 radical (unpaired) electrons. The Bertz CT molecular complexity index is 593. The molecule has 1 amide bonds. The Labute approximate surface area is 140 Å². The van der Waals surface area contributed by atoms with E-state index in [0.29, 0.717) is 19.5 Å². The first kappa shape index (κ1) is 18.7. The Morgan fingerprint density at radius 1 is 1.50 bits per heavy atom. The minimum absolute atomic E-state index is 0. The Hall–Kier alpha value is -1.37. The van der Waals surface area contributed by atoms with Crippen molar-refractivity contribution in [3.05, 3.63) is 38.9 Å². The van der Waals surface area contributed by atoms with Crippen LogP contribution in [0.1, 0.15) is 30.6 Å². The van der Waals surface area contributed by atoms with E-state index in [1.165, 1.54) is 18.2 Å². The number of carbonyl (C=O) groups is 1. The Kier molecular flexibility index (Phi) is 5.78. The summed E-state index contributed by atoms with van der Waals surface area (Å²) in [6.45, 7) is 4.97. The molecule has 0 aliphatic carbocycles. The number of rotatable bonds is 2. The van der Waals surface area contributed by atoms with Crippen molar-refractivity contribution < 1.29 is 9.72 Å². The summed E-state index contributed by atoms with van der Waals surface area (Å²) in [5.41, 5.74) is 5.64. The molecule has 1 saturated heterocycles. The average Bonchev–Trinajstić information content (AvgIpc) is 2.41. The van der Waals surface area contributed by atoms with Crippen LogP contribution in [0.25, 0.3) is 0 Å². The van der Waals surface area contributed by atoms with Crippen LogP contribution in [0, 0.1) is 15.5 Å². The van der Waals surface area contributed by atoms with Crippen LogP contribution in [0.4, 0.5) is 5.69 Å². The summed E-state index contributed by atoms with van der Waals surface area (Å²) in [5.74, 6) is -0.349. The minimum Gasteiger partial charge on any atom is -0.338 e. The van der Waals surface area contributed by atoms with Gasteiger partial charge in [0.05, 0.1) is 4.92 Å². The van der Waals surface area contributed by atoms with Gasteiger partial charge in [0, 0.05) is 30.2 Å². The van der Waals surface area contributed by atoms with Gasteiger partial charge in [-0.05, 0) is 24.0 Å². The molecule has 1 fully saturated rings. The second-order valence-electron chi connectivity index (χ2n) is 6.03. The molecule has 6 nitrogen and oxygen atoms in total. The van der Waals surface area contributed by atoms with Gasteiger partial charge in [0.2, 0.25) is 0 Å². The maximum Gasteiger partial charge on any atom is 0.283 e. The fourth-order valence-corrected chi connectivity index (χ4v) is 2.72. The van der Waals surface area contributed by atoms with Gasteiger partial charge in [0.15, 0.2) is 0 Å². The third kappa shape index (κ3) is 3.69. The van der Waals surface area contributed by atoms with Crippen LogP contribution in [0.15, 0.2) is 18.2 Å². The molecule has 1 aromatic carbocycles. The van der Waals surface area contributed by atoms with Gasteiger partial charge in [-0.1, -0.05) is 25.4 Å². The number of carbonyl (C=O) groups excluding carboxylic acids is 1. The number of nitro benzene ring substituents is 1. The maximum atomic E-state index is 12.6. The third-order valence-corrected chi connectivity index (χ3v) is 4.22. The zero-order valence-corrected chi connectivity index (χ0v) is 14.0. The minimum atomic E-state index is -0.583. The van der Waals surface area contributed by atoms with Gasteiger partial charge < -0.3 is 10.6 Å². The van der Waals surface area contributed by atoms with E-state index in [0.717, 1.165) is 0 Å². The lowest BCUT2D eigenvalue weighted by atomic mass is 9.79. The van der Waals surface area contributed by atoms with Crippen LogP contribution in [0.3, 0.4) is 0 Å². The molecular weight excluding hydrogens is 329 g/mol. The van der Waals surface area contributed by atoms with Crippen LogP contribution in [0.2, 0.25) is 5.02 Å². The van der Waals surface area contributed by atoms with Gasteiger partial charge in [0.1, 0.15) is 5.56 Å². The molecule has 1 aliphatic rings. The molecule has 22 heavy (non-hydrogen) atoms. The number of hydrogen-bond donors (Lipinski definition) is 1. The number of likely N-dealkylation sites (tertiary alicyclic amines) is 1. The van der Waals surface area contributed by atoms with Crippen molar-refractivity contribution in [1.29, 1.82) is 0 Å². The van der Waals surface area contributed by atoms with Gasteiger partial charge >= 0.3 is 0 Å². The Morgan fingerprint density at radius 3 is 2.68 bits per heavy atom. The topological polar surface area (TPSA) is 89.5 Å². The lowest BCUT2D eigenvalue weighted by Gasteiger charge is -2.42. The number of nitrogens with zero attached hydrogens (tertiary/aromatic N) is 2. The van der Waals surface area contributed by atoms with Gasteiger partial charge in [0.25, 0.3) is 11.6 Å². The average molecular weight is 348 g/mol. The molecule has 0 saturated carbocycles. The molecule has 1 heterocycles. The third-order valence-electron chi connectivity index (χ3n) is 3.99. The molecule has 8 heteroatoms. The summed E-state index contributed by atoms with van der Waals surface area (Å²) in [6.07, 6.45) is 0.681. The molecule has 122 valence electrons. The fraction of sp³-hybridized carbons (Fsp3) is 0.500. The van der Waals surface area contributed by atoms with Crippen LogP contribution >= 0.6 is 24.0 Å². The summed E-state index contributed by atoms with van der Waals surface area (Å²) in [6, 6.07) is 4.12. The first-order valence-corrected chi connectivity index (χ1v) is 7.09. The molecule has 0 aromatic heterocycles. The SMILES string of the molecule is CC1(C)CN(C(=O)c2ccc(Cl)cc2[N+](=O)[O-])CCC1N.Cl. The molecule has 1 aromatic rings. The highest BCUT2D eigenvalue weighted by Crippen LogP contribution is 2.30. The van der Waals surface area contributed by atoms with E-state index in [4.69, 9.17) is 17.3 Å². The highest BCUT2D eigenvalue weighted by Gasteiger charge is 2.37. The van der Waals surface area contributed by atoms with E-state index >= 15 is 0 Å². The van der Waals surface area contributed by atoms with Gasteiger partial charge in [-0.3, -0.25) is 14.9 Å². The van der Waals surface area contributed by atoms with E-state index < -0.39 is 4.92 Å². The molecule has 2 N–H and O–H groups in total. The summed E-state index contributed by atoms with van der Waals surface area (Å²) in [4.78, 5) is 24.7.